The molecule has 2 aliphatic rings. The molecule has 1 N–H and O–H groups in total. The second kappa shape index (κ2) is 4.51. The normalized spacial score (nSPS) is 23.2. The van der Waals surface area contributed by atoms with Crippen LogP contribution in [0.1, 0.15) is 5.56 Å². The summed E-state index contributed by atoms with van der Waals surface area (Å²) in [6.07, 6.45) is -4.71. The van der Waals surface area contributed by atoms with Crippen molar-refractivity contribution in [2.75, 3.05) is 26.2 Å². The van der Waals surface area contributed by atoms with Gasteiger partial charge in [-0.3, -0.25) is 0 Å². The van der Waals surface area contributed by atoms with E-state index in [2.05, 4.69) is 5.32 Å². The van der Waals surface area contributed by atoms with Crippen molar-refractivity contribution in [1.82, 2.24) is 9.62 Å². The zero-order chi connectivity index (χ0) is 14.5. The van der Waals surface area contributed by atoms with Gasteiger partial charge in [0.2, 0.25) is 0 Å². The summed E-state index contributed by atoms with van der Waals surface area (Å²) >= 11 is 0. The molecule has 2 heterocycles. The van der Waals surface area contributed by atoms with E-state index in [0.717, 1.165) is 25.2 Å². The van der Waals surface area contributed by atoms with Crippen molar-refractivity contribution >= 4 is 11.0 Å². The fourth-order valence-electron chi connectivity index (χ4n) is 2.54. The van der Waals surface area contributed by atoms with Gasteiger partial charge in [-0.2, -0.15) is 13.2 Å². The molecule has 1 spiro atoms. The standard InChI is InChI=1S/C12H12F4N2OS/c13-8-1-2-10(9(3-8)12(14,15)16)20(19)18-6-11(7-18)4-17-5-11/h1-3,17H,4-7H2. The molecule has 3 rings (SSSR count). The minimum atomic E-state index is -4.71. The molecule has 0 amide bonds. The van der Waals surface area contributed by atoms with Crippen LogP contribution in [0.2, 0.25) is 0 Å². The Kier molecular flexibility index (Phi) is 3.15. The van der Waals surface area contributed by atoms with E-state index < -0.39 is 28.5 Å². The maximum Gasteiger partial charge on any atom is 0.417 e. The lowest BCUT2D eigenvalue weighted by Crippen LogP contribution is -2.71. The molecule has 1 aromatic rings. The van der Waals surface area contributed by atoms with E-state index in [0.29, 0.717) is 19.2 Å². The van der Waals surface area contributed by atoms with Crippen molar-refractivity contribution < 1.29 is 21.8 Å². The molecule has 110 valence electrons. The van der Waals surface area contributed by atoms with Crippen LogP contribution in [0.15, 0.2) is 23.1 Å². The molecule has 0 saturated carbocycles. The molecule has 1 aromatic carbocycles. The molecular formula is C12H12F4N2OS. The topological polar surface area (TPSA) is 32.3 Å². The van der Waals surface area contributed by atoms with Gasteiger partial charge in [-0.05, 0) is 18.2 Å². The Morgan fingerprint density at radius 3 is 2.40 bits per heavy atom. The molecule has 2 saturated heterocycles. The van der Waals surface area contributed by atoms with E-state index >= 15 is 0 Å². The van der Waals surface area contributed by atoms with E-state index in [-0.39, 0.29) is 10.3 Å². The second-order valence-corrected chi connectivity index (χ2v) is 6.74. The molecule has 8 heteroatoms. The Balaban J connectivity index is 1.85. The van der Waals surface area contributed by atoms with E-state index in [1.807, 2.05) is 0 Å². The van der Waals surface area contributed by atoms with Gasteiger partial charge in [0.15, 0.2) is 0 Å². The van der Waals surface area contributed by atoms with Crippen molar-refractivity contribution in [3.63, 3.8) is 0 Å². The van der Waals surface area contributed by atoms with Crippen molar-refractivity contribution in [3.8, 4) is 0 Å². The highest BCUT2D eigenvalue weighted by Gasteiger charge is 2.50. The van der Waals surface area contributed by atoms with E-state index in [1.54, 1.807) is 0 Å². The van der Waals surface area contributed by atoms with Crippen LogP contribution in [-0.4, -0.2) is 34.7 Å². The Morgan fingerprint density at radius 2 is 1.90 bits per heavy atom. The van der Waals surface area contributed by atoms with Crippen molar-refractivity contribution in [3.05, 3.63) is 29.6 Å². The summed E-state index contributed by atoms with van der Waals surface area (Å²) in [6, 6.07) is 2.26. The monoisotopic (exact) mass is 308 g/mol. The SMILES string of the molecule is O=S(c1ccc(F)cc1C(F)(F)F)N1CC2(CNC2)C1. The molecule has 2 fully saturated rings. The first kappa shape index (κ1) is 14.0. The number of nitrogens with zero attached hydrogens (tertiary/aromatic N) is 1. The lowest BCUT2D eigenvalue weighted by atomic mass is 9.76. The van der Waals surface area contributed by atoms with Crippen molar-refractivity contribution in [1.29, 1.82) is 0 Å². The largest absolute Gasteiger partial charge is 0.417 e. The van der Waals surface area contributed by atoms with E-state index in [9.17, 15) is 21.8 Å². The Bertz CT molecular complexity index is 563. The average Bonchev–Trinajstić information content (AvgIpc) is 2.23. The molecule has 3 nitrogen and oxygen atoms in total. The van der Waals surface area contributed by atoms with Crippen LogP contribution in [0.5, 0.6) is 0 Å². The molecule has 0 radical (unpaired) electrons. The van der Waals surface area contributed by atoms with Crippen molar-refractivity contribution in [2.45, 2.75) is 11.1 Å². The Labute approximate surface area is 115 Å². The van der Waals surface area contributed by atoms with Gasteiger partial charge in [0.1, 0.15) is 16.8 Å². The average molecular weight is 308 g/mol. The highest BCUT2D eigenvalue weighted by Crippen LogP contribution is 2.39. The van der Waals surface area contributed by atoms with Crippen molar-refractivity contribution in [2.24, 2.45) is 5.41 Å². The van der Waals surface area contributed by atoms with Crippen LogP contribution in [0, 0.1) is 11.2 Å². The minimum Gasteiger partial charge on any atom is -0.315 e. The summed E-state index contributed by atoms with van der Waals surface area (Å²) in [5, 5.41) is 3.09. The van der Waals surface area contributed by atoms with Gasteiger partial charge in [0.25, 0.3) is 0 Å². The van der Waals surface area contributed by atoms with Gasteiger partial charge in [0, 0.05) is 31.6 Å². The molecule has 0 bridgehead atoms. The number of nitrogens with one attached hydrogen (secondary N) is 1. The highest BCUT2D eigenvalue weighted by molar-refractivity contribution is 7.82. The third-order valence-electron chi connectivity index (χ3n) is 3.69. The zero-order valence-corrected chi connectivity index (χ0v) is 11.2. The maximum absolute atomic E-state index is 13.0. The molecule has 1 unspecified atom stereocenters. The first-order chi connectivity index (χ1) is 9.31. The Hall–Kier alpha value is -0.990. The quantitative estimate of drug-likeness (QED) is 0.845. The van der Waals surface area contributed by atoms with Gasteiger partial charge in [-0.1, -0.05) is 0 Å². The number of halogens is 4. The molecule has 0 aliphatic carbocycles. The summed E-state index contributed by atoms with van der Waals surface area (Å²) in [6.45, 7) is 2.61. The second-order valence-electron chi connectivity index (χ2n) is 5.29. The van der Waals surface area contributed by atoms with Crippen LogP contribution in [0.25, 0.3) is 0 Å². The number of benzene rings is 1. The zero-order valence-electron chi connectivity index (χ0n) is 10.3. The summed E-state index contributed by atoms with van der Waals surface area (Å²) in [5.74, 6) is -0.985. The van der Waals surface area contributed by atoms with Gasteiger partial charge >= 0.3 is 6.18 Å². The molecule has 20 heavy (non-hydrogen) atoms. The fourth-order valence-corrected chi connectivity index (χ4v) is 4.14. The number of rotatable bonds is 2. The molecule has 1 atom stereocenters. The smallest absolute Gasteiger partial charge is 0.315 e. The van der Waals surface area contributed by atoms with E-state index in [4.69, 9.17) is 0 Å². The Morgan fingerprint density at radius 1 is 1.25 bits per heavy atom. The van der Waals surface area contributed by atoms with Crippen LogP contribution in [-0.2, 0) is 17.2 Å². The third-order valence-corrected chi connectivity index (χ3v) is 5.15. The molecular weight excluding hydrogens is 296 g/mol. The predicted octanol–water partition coefficient (Wildman–Crippen LogP) is 1.77. The summed E-state index contributed by atoms with van der Waals surface area (Å²) in [7, 11) is -1.90. The maximum atomic E-state index is 13.0. The van der Waals surface area contributed by atoms with Gasteiger partial charge in [-0.15, -0.1) is 0 Å². The predicted molar refractivity (Wildman–Crippen MR) is 64.7 cm³/mol. The van der Waals surface area contributed by atoms with Crippen LogP contribution < -0.4 is 5.32 Å². The first-order valence-electron chi connectivity index (χ1n) is 6.05. The lowest BCUT2D eigenvalue weighted by molar-refractivity contribution is -0.140. The summed E-state index contributed by atoms with van der Waals surface area (Å²) < 4.78 is 65.3. The van der Waals surface area contributed by atoms with Crippen LogP contribution in [0.4, 0.5) is 17.6 Å². The number of hydrogen-bond acceptors (Lipinski definition) is 2. The number of hydrogen-bond donors (Lipinski definition) is 1. The summed E-state index contributed by atoms with van der Waals surface area (Å²) in [4.78, 5) is -0.374. The minimum absolute atomic E-state index is 0.0636. The number of alkyl halides is 3. The summed E-state index contributed by atoms with van der Waals surface area (Å²) in [5.41, 5.74) is -1.10. The van der Waals surface area contributed by atoms with E-state index in [1.165, 1.54) is 4.31 Å². The van der Waals surface area contributed by atoms with Gasteiger partial charge < -0.3 is 5.32 Å². The van der Waals surface area contributed by atoms with Gasteiger partial charge in [-0.25, -0.2) is 12.9 Å². The van der Waals surface area contributed by atoms with Crippen LogP contribution >= 0.6 is 0 Å². The highest BCUT2D eigenvalue weighted by atomic mass is 32.2. The first-order valence-corrected chi connectivity index (χ1v) is 7.16. The fraction of sp³-hybridized carbons (Fsp3) is 0.500. The molecule has 0 aromatic heterocycles. The lowest BCUT2D eigenvalue weighted by Gasteiger charge is -2.55. The molecule has 2 aliphatic heterocycles. The third kappa shape index (κ3) is 2.25. The van der Waals surface area contributed by atoms with Crippen LogP contribution in [0.3, 0.4) is 0 Å². The van der Waals surface area contributed by atoms with Gasteiger partial charge in [0.05, 0.1) is 10.5 Å².